The normalized spacial score (nSPS) is 16.5. The molecule has 0 bridgehead atoms. The van der Waals surface area contributed by atoms with Gasteiger partial charge in [-0.25, -0.2) is 0 Å². The topological polar surface area (TPSA) is 73.2 Å². The van der Waals surface area contributed by atoms with Crippen LogP contribution >= 0.6 is 0 Å². The predicted molar refractivity (Wildman–Crippen MR) is 72.1 cm³/mol. The van der Waals surface area contributed by atoms with Gasteiger partial charge in [0.25, 0.3) is 0 Å². The van der Waals surface area contributed by atoms with E-state index in [-0.39, 0.29) is 11.8 Å². The summed E-state index contributed by atoms with van der Waals surface area (Å²) in [5.74, 6) is -0.126. The summed E-state index contributed by atoms with van der Waals surface area (Å²) in [5.41, 5.74) is -0.906. The number of amides is 2. The zero-order chi connectivity index (χ0) is 14.3. The minimum Gasteiger partial charge on any atom is -0.354 e. The first-order chi connectivity index (χ1) is 9.09. The summed E-state index contributed by atoms with van der Waals surface area (Å²) >= 11 is 0. The van der Waals surface area contributed by atoms with Gasteiger partial charge in [-0.2, -0.15) is 5.26 Å². The molecule has 0 spiro atoms. The van der Waals surface area contributed by atoms with E-state index in [2.05, 4.69) is 11.4 Å². The monoisotopic (exact) mass is 265 g/mol. The second-order valence-electron chi connectivity index (χ2n) is 5.09. The molecule has 5 heteroatoms. The smallest absolute Gasteiger partial charge is 0.243 e. The van der Waals surface area contributed by atoms with Crippen LogP contribution in [0, 0.1) is 16.7 Å². The molecule has 2 amide bonds. The average molecular weight is 265 g/mol. The van der Waals surface area contributed by atoms with Gasteiger partial charge in [-0.15, -0.1) is 0 Å². The highest BCUT2D eigenvalue weighted by Gasteiger charge is 2.40. The van der Waals surface area contributed by atoms with Gasteiger partial charge in [0, 0.05) is 26.1 Å². The molecule has 1 fully saturated rings. The Balaban J connectivity index is 2.86. The highest BCUT2D eigenvalue weighted by molar-refractivity contribution is 5.86. The molecule has 1 aliphatic rings. The van der Waals surface area contributed by atoms with Crippen LogP contribution in [0.5, 0.6) is 0 Å². The Morgan fingerprint density at radius 3 is 2.53 bits per heavy atom. The second kappa shape index (κ2) is 7.13. The van der Waals surface area contributed by atoms with Gasteiger partial charge in [0.15, 0.2) is 0 Å². The maximum absolute atomic E-state index is 12.7. The van der Waals surface area contributed by atoms with Crippen LogP contribution in [-0.2, 0) is 9.59 Å². The lowest BCUT2D eigenvalue weighted by atomic mass is 9.79. The molecule has 1 aliphatic heterocycles. The third-order valence-electron chi connectivity index (χ3n) is 3.58. The number of carbonyl (C=O) groups excluding carboxylic acids is 2. The lowest BCUT2D eigenvalue weighted by Gasteiger charge is -2.31. The van der Waals surface area contributed by atoms with Gasteiger partial charge in [0.2, 0.25) is 11.8 Å². The van der Waals surface area contributed by atoms with Gasteiger partial charge in [0.05, 0.1) is 6.07 Å². The maximum atomic E-state index is 12.7. The molecule has 1 heterocycles. The molecular weight excluding hydrogens is 242 g/mol. The predicted octanol–water partition coefficient (Wildman–Crippen LogP) is 1.45. The van der Waals surface area contributed by atoms with Crippen molar-refractivity contribution in [2.45, 2.75) is 46.0 Å². The van der Waals surface area contributed by atoms with Gasteiger partial charge in [-0.3, -0.25) is 9.59 Å². The lowest BCUT2D eigenvalue weighted by molar-refractivity contribution is -0.139. The lowest BCUT2D eigenvalue weighted by Crippen LogP contribution is -2.44. The number of rotatable bonds is 5. The first-order valence-electron chi connectivity index (χ1n) is 7.07. The fourth-order valence-electron chi connectivity index (χ4n) is 2.62. The summed E-state index contributed by atoms with van der Waals surface area (Å²) in [5, 5.41) is 12.2. The quantitative estimate of drug-likeness (QED) is 0.817. The van der Waals surface area contributed by atoms with Crippen molar-refractivity contribution in [3.05, 3.63) is 0 Å². The maximum Gasteiger partial charge on any atom is 0.243 e. The summed E-state index contributed by atoms with van der Waals surface area (Å²) in [7, 11) is 0. The van der Waals surface area contributed by atoms with Crippen molar-refractivity contribution in [1.29, 1.82) is 5.26 Å². The standard InChI is InChI=1S/C14H23N3O2/c1-3-6-14(11-15,7-4-2)13(19)17-9-5-12(18)16-8-10-17/h3-10H2,1-2H3,(H,16,18). The Hall–Kier alpha value is -1.57. The molecule has 0 aliphatic carbocycles. The summed E-state index contributed by atoms with van der Waals surface area (Å²) in [6, 6.07) is 2.25. The van der Waals surface area contributed by atoms with Crippen molar-refractivity contribution in [2.24, 2.45) is 5.41 Å². The number of carbonyl (C=O) groups is 2. The average Bonchev–Trinajstić information content (AvgIpc) is 2.62. The Labute approximate surface area is 115 Å². The van der Waals surface area contributed by atoms with Crippen LogP contribution < -0.4 is 5.32 Å². The van der Waals surface area contributed by atoms with E-state index in [1.54, 1.807) is 4.90 Å². The van der Waals surface area contributed by atoms with Crippen molar-refractivity contribution in [1.82, 2.24) is 10.2 Å². The van der Waals surface area contributed by atoms with Crippen LogP contribution in [0.25, 0.3) is 0 Å². The summed E-state index contributed by atoms with van der Waals surface area (Å²) < 4.78 is 0. The summed E-state index contributed by atoms with van der Waals surface area (Å²) in [6.07, 6.45) is 3.13. The van der Waals surface area contributed by atoms with E-state index in [4.69, 9.17) is 0 Å². The molecule has 0 aromatic heterocycles. The van der Waals surface area contributed by atoms with Crippen LogP contribution in [0.3, 0.4) is 0 Å². The van der Waals surface area contributed by atoms with E-state index in [1.807, 2.05) is 13.8 Å². The van der Waals surface area contributed by atoms with E-state index >= 15 is 0 Å². The molecule has 5 nitrogen and oxygen atoms in total. The molecule has 1 saturated heterocycles. The van der Waals surface area contributed by atoms with Crippen molar-refractivity contribution in [2.75, 3.05) is 19.6 Å². The molecular formula is C14H23N3O2. The van der Waals surface area contributed by atoms with Crippen LogP contribution in [-0.4, -0.2) is 36.3 Å². The minimum absolute atomic E-state index is 0.0242. The van der Waals surface area contributed by atoms with E-state index < -0.39 is 5.41 Å². The first kappa shape index (κ1) is 15.5. The van der Waals surface area contributed by atoms with Crippen LogP contribution in [0.4, 0.5) is 0 Å². The Bertz CT molecular complexity index is 367. The molecule has 0 aromatic rings. The van der Waals surface area contributed by atoms with E-state index in [1.165, 1.54) is 0 Å². The zero-order valence-corrected chi connectivity index (χ0v) is 11.9. The van der Waals surface area contributed by atoms with Gasteiger partial charge in [-0.05, 0) is 12.8 Å². The molecule has 1 N–H and O–H groups in total. The number of nitrogens with one attached hydrogen (secondary N) is 1. The Morgan fingerprint density at radius 1 is 1.37 bits per heavy atom. The van der Waals surface area contributed by atoms with Crippen LogP contribution in [0.15, 0.2) is 0 Å². The van der Waals surface area contributed by atoms with Crippen LogP contribution in [0.1, 0.15) is 46.0 Å². The van der Waals surface area contributed by atoms with Crippen molar-refractivity contribution in [3.8, 4) is 6.07 Å². The molecule has 106 valence electrons. The first-order valence-corrected chi connectivity index (χ1v) is 7.07. The van der Waals surface area contributed by atoms with E-state index in [0.29, 0.717) is 38.9 Å². The molecule has 1 rings (SSSR count). The third kappa shape index (κ3) is 3.69. The summed E-state index contributed by atoms with van der Waals surface area (Å²) in [6.45, 7) is 5.37. The molecule has 0 aromatic carbocycles. The number of nitriles is 1. The van der Waals surface area contributed by atoms with Gasteiger partial charge >= 0.3 is 0 Å². The van der Waals surface area contributed by atoms with Gasteiger partial charge < -0.3 is 10.2 Å². The number of hydrogen-bond donors (Lipinski definition) is 1. The van der Waals surface area contributed by atoms with Crippen molar-refractivity contribution in [3.63, 3.8) is 0 Å². The van der Waals surface area contributed by atoms with E-state index in [0.717, 1.165) is 12.8 Å². The molecule has 0 atom stereocenters. The summed E-state index contributed by atoms with van der Waals surface area (Å²) in [4.78, 5) is 25.6. The second-order valence-corrected chi connectivity index (χ2v) is 5.09. The zero-order valence-electron chi connectivity index (χ0n) is 11.9. The molecule has 0 radical (unpaired) electrons. The number of hydrogen-bond acceptors (Lipinski definition) is 3. The highest BCUT2D eigenvalue weighted by Crippen LogP contribution is 2.31. The molecule has 0 saturated carbocycles. The van der Waals surface area contributed by atoms with Gasteiger partial charge in [0.1, 0.15) is 5.41 Å². The fraction of sp³-hybridized carbons (Fsp3) is 0.786. The Kier molecular flexibility index (Phi) is 5.81. The third-order valence-corrected chi connectivity index (χ3v) is 3.58. The largest absolute Gasteiger partial charge is 0.354 e. The fourth-order valence-corrected chi connectivity index (χ4v) is 2.62. The van der Waals surface area contributed by atoms with Crippen LogP contribution in [0.2, 0.25) is 0 Å². The Morgan fingerprint density at radius 2 is 2.00 bits per heavy atom. The highest BCUT2D eigenvalue weighted by atomic mass is 16.2. The molecule has 0 unspecified atom stereocenters. The molecule has 19 heavy (non-hydrogen) atoms. The van der Waals surface area contributed by atoms with Crippen molar-refractivity contribution < 1.29 is 9.59 Å². The number of nitrogens with zero attached hydrogens (tertiary/aromatic N) is 2. The SMILES string of the molecule is CCCC(C#N)(CCC)C(=O)N1CCNC(=O)CC1. The van der Waals surface area contributed by atoms with Crippen molar-refractivity contribution >= 4 is 11.8 Å². The van der Waals surface area contributed by atoms with Gasteiger partial charge in [-0.1, -0.05) is 26.7 Å². The minimum atomic E-state index is -0.906. The van der Waals surface area contributed by atoms with E-state index in [9.17, 15) is 14.9 Å².